The number of benzene rings is 1. The maximum Gasteiger partial charge on any atom is 0.164 e. The molecular weight excluding hydrogens is 275 g/mol. The largest absolute Gasteiger partial charge is 0.294 e. The summed E-state index contributed by atoms with van der Waals surface area (Å²) in [5, 5.41) is 0.698. The zero-order chi connectivity index (χ0) is 11.3. The van der Waals surface area contributed by atoms with Gasteiger partial charge in [-0.25, -0.2) is 0 Å². The topological polar surface area (TPSA) is 17.1 Å². The van der Waals surface area contributed by atoms with Crippen LogP contribution in [0, 0.1) is 0 Å². The lowest BCUT2D eigenvalue weighted by molar-refractivity contribution is 0.0989. The van der Waals surface area contributed by atoms with Crippen LogP contribution in [0.3, 0.4) is 0 Å². The van der Waals surface area contributed by atoms with Gasteiger partial charge in [0.05, 0.1) is 0 Å². The van der Waals surface area contributed by atoms with E-state index >= 15 is 0 Å². The summed E-state index contributed by atoms with van der Waals surface area (Å²) in [5.41, 5.74) is 2.89. The lowest BCUT2D eigenvalue weighted by Gasteiger charge is -2.07. The van der Waals surface area contributed by atoms with Crippen LogP contribution in [0.2, 0.25) is 0 Å². The molecule has 0 aliphatic carbocycles. The van der Waals surface area contributed by atoms with Crippen molar-refractivity contribution in [3.63, 3.8) is 0 Å². The molecule has 0 aliphatic heterocycles. The van der Waals surface area contributed by atoms with Crippen molar-refractivity contribution < 1.29 is 4.79 Å². The molecule has 0 N–H and O–H groups in total. The van der Waals surface area contributed by atoms with Gasteiger partial charge in [0.15, 0.2) is 5.78 Å². The van der Waals surface area contributed by atoms with Crippen molar-refractivity contribution >= 4 is 33.3 Å². The van der Waals surface area contributed by atoms with Gasteiger partial charge in [-0.1, -0.05) is 35.0 Å². The molecule has 0 atom stereocenters. The van der Waals surface area contributed by atoms with Crippen LogP contribution in [0.5, 0.6) is 0 Å². The second-order valence-corrected chi connectivity index (χ2v) is 4.40. The number of hydrogen-bond acceptors (Lipinski definition) is 1. The maximum absolute atomic E-state index is 11.8. The number of alkyl halides is 2. The first-order valence-electron chi connectivity index (χ1n) is 4.99. The van der Waals surface area contributed by atoms with Crippen molar-refractivity contribution in [2.24, 2.45) is 0 Å². The Morgan fingerprint density at radius 2 is 2.20 bits per heavy atom. The number of carbonyl (C=O) groups excluding carboxylic acids is 1. The highest BCUT2D eigenvalue weighted by Crippen LogP contribution is 2.17. The molecule has 1 rings (SSSR count). The van der Waals surface area contributed by atoms with Gasteiger partial charge in [0.25, 0.3) is 0 Å². The molecule has 1 aromatic carbocycles. The highest BCUT2D eigenvalue weighted by Gasteiger charge is 2.10. The van der Waals surface area contributed by atoms with Crippen molar-refractivity contribution in [2.75, 3.05) is 5.33 Å². The van der Waals surface area contributed by atoms with Gasteiger partial charge in [-0.3, -0.25) is 4.79 Å². The van der Waals surface area contributed by atoms with Crippen LogP contribution in [-0.2, 0) is 12.3 Å². The van der Waals surface area contributed by atoms with Gasteiger partial charge < -0.3 is 0 Å². The average molecular weight is 290 g/mol. The van der Waals surface area contributed by atoms with Crippen molar-refractivity contribution in [3.05, 3.63) is 34.9 Å². The van der Waals surface area contributed by atoms with Crippen LogP contribution >= 0.6 is 27.5 Å². The Bertz CT molecular complexity index is 349. The van der Waals surface area contributed by atoms with Crippen molar-refractivity contribution in [1.29, 1.82) is 0 Å². The number of hydrogen-bond donors (Lipinski definition) is 0. The molecule has 1 aromatic rings. The van der Waals surface area contributed by atoms with E-state index in [4.69, 9.17) is 11.6 Å². The molecule has 0 radical (unpaired) electrons. The summed E-state index contributed by atoms with van der Waals surface area (Å²) < 4.78 is 0. The fraction of sp³-hybridized carbons (Fsp3) is 0.417. The maximum atomic E-state index is 11.8. The van der Waals surface area contributed by atoms with E-state index in [1.165, 1.54) is 5.56 Å². The minimum Gasteiger partial charge on any atom is -0.294 e. The van der Waals surface area contributed by atoms with E-state index in [0.29, 0.717) is 17.6 Å². The highest BCUT2D eigenvalue weighted by atomic mass is 79.9. The van der Waals surface area contributed by atoms with E-state index in [1.54, 1.807) is 0 Å². The molecule has 15 heavy (non-hydrogen) atoms. The van der Waals surface area contributed by atoms with Gasteiger partial charge in [0.1, 0.15) is 0 Å². The van der Waals surface area contributed by atoms with Crippen molar-refractivity contribution in [3.8, 4) is 0 Å². The molecule has 3 heteroatoms. The van der Waals surface area contributed by atoms with E-state index in [1.807, 2.05) is 18.2 Å². The Kier molecular flexibility index (Phi) is 5.34. The number of Topliss-reactive ketones (excluding diaryl/α,β-unsaturated/α-hetero) is 1. The quantitative estimate of drug-likeness (QED) is 0.592. The average Bonchev–Trinajstić information content (AvgIpc) is 2.28. The molecule has 0 heterocycles. The standard InChI is InChI=1S/C12H14BrClO/c1-2-9-3-4-10(8-14)11(7-9)12(15)5-6-13/h3-4,7H,2,5-6,8H2,1H3. The van der Waals surface area contributed by atoms with Crippen LogP contribution in [0.1, 0.15) is 34.8 Å². The van der Waals surface area contributed by atoms with Crippen LogP contribution in [0.15, 0.2) is 18.2 Å². The zero-order valence-corrected chi connectivity index (χ0v) is 11.1. The Hall–Kier alpha value is -0.340. The molecule has 0 saturated heterocycles. The third-order valence-electron chi connectivity index (χ3n) is 2.35. The Labute approximate surface area is 104 Å². The molecular formula is C12H14BrClO. The van der Waals surface area contributed by atoms with E-state index in [2.05, 4.69) is 22.9 Å². The fourth-order valence-corrected chi connectivity index (χ4v) is 2.03. The van der Waals surface area contributed by atoms with Gasteiger partial charge in [0, 0.05) is 23.2 Å². The summed E-state index contributed by atoms with van der Waals surface area (Å²) in [6.45, 7) is 2.08. The SMILES string of the molecule is CCc1ccc(CCl)c(C(=O)CCBr)c1. The monoisotopic (exact) mass is 288 g/mol. The van der Waals surface area contributed by atoms with Gasteiger partial charge in [-0.2, -0.15) is 0 Å². The van der Waals surface area contributed by atoms with Crippen LogP contribution < -0.4 is 0 Å². The van der Waals surface area contributed by atoms with E-state index in [0.717, 1.165) is 17.5 Å². The predicted octanol–water partition coefficient (Wildman–Crippen LogP) is 3.96. The molecule has 0 spiro atoms. The third-order valence-corrected chi connectivity index (χ3v) is 3.03. The molecule has 0 fully saturated rings. The first-order valence-corrected chi connectivity index (χ1v) is 6.65. The van der Waals surface area contributed by atoms with E-state index < -0.39 is 0 Å². The van der Waals surface area contributed by atoms with Gasteiger partial charge in [0.2, 0.25) is 0 Å². The van der Waals surface area contributed by atoms with Crippen LogP contribution in [0.4, 0.5) is 0 Å². The molecule has 82 valence electrons. The van der Waals surface area contributed by atoms with Gasteiger partial charge >= 0.3 is 0 Å². The Morgan fingerprint density at radius 1 is 1.47 bits per heavy atom. The minimum absolute atomic E-state index is 0.165. The minimum atomic E-state index is 0.165. The van der Waals surface area contributed by atoms with Crippen molar-refractivity contribution in [1.82, 2.24) is 0 Å². The molecule has 0 aliphatic rings. The lowest BCUT2D eigenvalue weighted by Crippen LogP contribution is -2.04. The molecule has 0 bridgehead atoms. The summed E-state index contributed by atoms with van der Waals surface area (Å²) in [5.74, 6) is 0.561. The first kappa shape index (κ1) is 12.7. The second-order valence-electron chi connectivity index (χ2n) is 3.34. The third kappa shape index (κ3) is 3.32. The predicted molar refractivity (Wildman–Crippen MR) is 68.1 cm³/mol. The Morgan fingerprint density at radius 3 is 2.73 bits per heavy atom. The summed E-state index contributed by atoms with van der Waals surface area (Å²) in [6, 6.07) is 5.94. The summed E-state index contributed by atoms with van der Waals surface area (Å²) in [7, 11) is 0. The molecule has 1 nitrogen and oxygen atoms in total. The number of ketones is 1. The van der Waals surface area contributed by atoms with E-state index in [-0.39, 0.29) is 5.78 Å². The fourth-order valence-electron chi connectivity index (χ4n) is 1.44. The van der Waals surface area contributed by atoms with Crippen molar-refractivity contribution in [2.45, 2.75) is 25.6 Å². The smallest absolute Gasteiger partial charge is 0.164 e. The second kappa shape index (κ2) is 6.29. The molecule has 0 amide bonds. The van der Waals surface area contributed by atoms with Gasteiger partial charge in [-0.15, -0.1) is 11.6 Å². The summed E-state index contributed by atoms with van der Waals surface area (Å²) in [6.07, 6.45) is 1.47. The van der Waals surface area contributed by atoms with Gasteiger partial charge in [-0.05, 0) is 23.6 Å². The summed E-state index contributed by atoms with van der Waals surface area (Å²) in [4.78, 5) is 11.8. The van der Waals surface area contributed by atoms with Crippen LogP contribution in [0.25, 0.3) is 0 Å². The highest BCUT2D eigenvalue weighted by molar-refractivity contribution is 9.09. The zero-order valence-electron chi connectivity index (χ0n) is 8.72. The van der Waals surface area contributed by atoms with E-state index in [9.17, 15) is 4.79 Å². The molecule has 0 unspecified atom stereocenters. The number of aryl methyl sites for hydroxylation is 1. The molecule has 0 aromatic heterocycles. The number of rotatable bonds is 5. The normalized spacial score (nSPS) is 10.3. The first-order chi connectivity index (χ1) is 7.22. The lowest BCUT2D eigenvalue weighted by atomic mass is 9.99. The summed E-state index contributed by atoms with van der Waals surface area (Å²) >= 11 is 9.08. The number of halogens is 2. The number of carbonyl (C=O) groups is 1. The van der Waals surface area contributed by atoms with Crippen LogP contribution in [-0.4, -0.2) is 11.1 Å². The molecule has 0 saturated carbocycles. The Balaban J connectivity index is 3.05.